The Morgan fingerprint density at radius 1 is 1.22 bits per heavy atom. The molecule has 1 amide bonds. The number of aromatic nitrogens is 1. The zero-order valence-electron chi connectivity index (χ0n) is 13.2. The summed E-state index contributed by atoms with van der Waals surface area (Å²) in [6.07, 6.45) is 5.19. The summed E-state index contributed by atoms with van der Waals surface area (Å²) in [5.41, 5.74) is 0.334. The highest BCUT2D eigenvalue weighted by atomic mass is 32.2. The molecule has 7 nitrogen and oxygen atoms in total. The van der Waals surface area contributed by atoms with Crippen molar-refractivity contribution in [1.82, 2.24) is 15.2 Å². The molecule has 1 aromatic rings. The maximum absolute atomic E-state index is 12.2. The number of amides is 1. The van der Waals surface area contributed by atoms with Crippen molar-refractivity contribution >= 4 is 15.9 Å². The van der Waals surface area contributed by atoms with Crippen LogP contribution in [0.25, 0.3) is 0 Å². The smallest absolute Gasteiger partial charge is 0.273 e. The van der Waals surface area contributed by atoms with Gasteiger partial charge in [0.15, 0.2) is 5.69 Å². The first-order valence-electron chi connectivity index (χ1n) is 8.24. The van der Waals surface area contributed by atoms with E-state index in [9.17, 15) is 13.2 Å². The van der Waals surface area contributed by atoms with Crippen molar-refractivity contribution in [2.45, 2.75) is 63.5 Å². The fraction of sp³-hybridized carbons (Fsp3) is 0.733. The summed E-state index contributed by atoms with van der Waals surface area (Å²) in [5, 5.41) is 6.81. The van der Waals surface area contributed by atoms with Crippen molar-refractivity contribution in [3.63, 3.8) is 0 Å². The molecule has 3 rings (SSSR count). The van der Waals surface area contributed by atoms with E-state index in [4.69, 9.17) is 4.52 Å². The monoisotopic (exact) mass is 341 g/mol. The molecule has 0 bridgehead atoms. The first-order chi connectivity index (χ1) is 11.0. The van der Waals surface area contributed by atoms with Crippen LogP contribution in [0.5, 0.6) is 0 Å². The summed E-state index contributed by atoms with van der Waals surface area (Å²) in [4.78, 5) is 12.2. The molecular weight excluding hydrogens is 318 g/mol. The van der Waals surface area contributed by atoms with E-state index in [1.807, 2.05) is 0 Å². The quantitative estimate of drug-likeness (QED) is 0.817. The van der Waals surface area contributed by atoms with Crippen LogP contribution in [0.3, 0.4) is 0 Å². The Kier molecular flexibility index (Phi) is 4.72. The van der Waals surface area contributed by atoms with Gasteiger partial charge in [-0.15, -0.1) is 0 Å². The van der Waals surface area contributed by atoms with Gasteiger partial charge in [-0.25, -0.2) is 13.1 Å². The average Bonchev–Trinajstić information content (AvgIpc) is 3.26. The van der Waals surface area contributed by atoms with E-state index in [1.165, 1.54) is 0 Å². The number of hydrogen-bond acceptors (Lipinski definition) is 5. The van der Waals surface area contributed by atoms with Crippen molar-refractivity contribution in [2.75, 3.05) is 5.75 Å². The van der Waals surface area contributed by atoms with Crippen molar-refractivity contribution in [1.29, 1.82) is 0 Å². The molecule has 1 aromatic heterocycles. The molecule has 0 radical (unpaired) electrons. The van der Waals surface area contributed by atoms with Crippen LogP contribution in [0.2, 0.25) is 0 Å². The maximum Gasteiger partial charge on any atom is 0.273 e. The molecule has 2 N–H and O–H groups in total. The first-order valence-corrected chi connectivity index (χ1v) is 9.89. The highest BCUT2D eigenvalue weighted by Crippen LogP contribution is 2.40. The second-order valence-corrected chi connectivity index (χ2v) is 8.47. The Balaban J connectivity index is 1.47. The van der Waals surface area contributed by atoms with Crippen LogP contribution in [-0.2, 0) is 10.0 Å². The Morgan fingerprint density at radius 2 is 1.87 bits per heavy atom. The van der Waals surface area contributed by atoms with Gasteiger partial charge in [0.25, 0.3) is 5.91 Å². The molecule has 0 spiro atoms. The van der Waals surface area contributed by atoms with Gasteiger partial charge in [-0.1, -0.05) is 5.16 Å². The van der Waals surface area contributed by atoms with Gasteiger partial charge in [0.1, 0.15) is 5.76 Å². The molecule has 2 aliphatic carbocycles. The standard InChI is InChI=1S/C15H23N3O4S/c1-2-23(20,21)18-12-7-5-11(6-8-12)16-15(19)13-9-14(22-17-13)10-3-4-10/h9-12,18H,2-8H2,1H3,(H,16,19)/t11-,12-. The van der Waals surface area contributed by atoms with Crippen LogP contribution >= 0.6 is 0 Å². The van der Waals surface area contributed by atoms with Gasteiger partial charge in [-0.2, -0.15) is 0 Å². The molecule has 2 fully saturated rings. The number of hydrogen-bond donors (Lipinski definition) is 2. The Morgan fingerprint density at radius 3 is 2.48 bits per heavy atom. The summed E-state index contributed by atoms with van der Waals surface area (Å²) in [7, 11) is -3.16. The van der Waals surface area contributed by atoms with Gasteiger partial charge in [0.2, 0.25) is 10.0 Å². The molecule has 8 heteroatoms. The first kappa shape index (κ1) is 16.4. The highest BCUT2D eigenvalue weighted by Gasteiger charge is 2.30. The molecule has 2 aliphatic rings. The van der Waals surface area contributed by atoms with E-state index >= 15 is 0 Å². The van der Waals surface area contributed by atoms with Crippen molar-refractivity contribution in [2.24, 2.45) is 0 Å². The van der Waals surface area contributed by atoms with E-state index in [-0.39, 0.29) is 23.7 Å². The normalized spacial score (nSPS) is 25.3. The minimum atomic E-state index is -3.16. The van der Waals surface area contributed by atoms with Crippen molar-refractivity contribution in [3.8, 4) is 0 Å². The highest BCUT2D eigenvalue weighted by molar-refractivity contribution is 7.89. The van der Waals surface area contributed by atoms with Crippen LogP contribution in [0.15, 0.2) is 10.6 Å². The van der Waals surface area contributed by atoms with Crippen LogP contribution in [0.4, 0.5) is 0 Å². The predicted molar refractivity (Wildman–Crippen MR) is 84.6 cm³/mol. The third kappa shape index (κ3) is 4.32. The third-order valence-electron chi connectivity index (χ3n) is 4.53. The van der Waals surface area contributed by atoms with E-state index < -0.39 is 10.0 Å². The van der Waals surface area contributed by atoms with E-state index in [1.54, 1.807) is 13.0 Å². The molecule has 23 heavy (non-hydrogen) atoms. The number of nitrogens with zero attached hydrogens (tertiary/aromatic N) is 1. The zero-order chi connectivity index (χ0) is 16.4. The SMILES string of the molecule is CCS(=O)(=O)N[C@H]1CC[C@H](NC(=O)c2cc(C3CC3)on2)CC1. The molecule has 1 heterocycles. The Bertz CT molecular complexity index is 658. The summed E-state index contributed by atoms with van der Waals surface area (Å²) in [5.74, 6) is 1.12. The molecule has 0 saturated heterocycles. The van der Waals surface area contributed by atoms with Crippen LogP contribution in [0.1, 0.15) is 67.6 Å². The topological polar surface area (TPSA) is 101 Å². The Labute approximate surface area is 136 Å². The summed E-state index contributed by atoms with van der Waals surface area (Å²) >= 11 is 0. The predicted octanol–water partition coefficient (Wildman–Crippen LogP) is 1.53. The van der Waals surface area contributed by atoms with Crippen molar-refractivity contribution in [3.05, 3.63) is 17.5 Å². The summed E-state index contributed by atoms with van der Waals surface area (Å²) in [6.45, 7) is 1.63. The number of carbonyl (C=O) groups excluding carboxylic acids is 1. The lowest BCUT2D eigenvalue weighted by atomic mass is 9.92. The molecule has 0 unspecified atom stereocenters. The molecular formula is C15H23N3O4S. The lowest BCUT2D eigenvalue weighted by Crippen LogP contribution is -2.44. The molecule has 0 aromatic carbocycles. The molecule has 0 atom stereocenters. The lowest BCUT2D eigenvalue weighted by molar-refractivity contribution is 0.0916. The summed E-state index contributed by atoms with van der Waals surface area (Å²) in [6, 6.07) is 1.76. The Hall–Kier alpha value is -1.41. The molecule has 2 saturated carbocycles. The maximum atomic E-state index is 12.2. The van der Waals surface area contributed by atoms with Gasteiger partial charge < -0.3 is 9.84 Å². The average molecular weight is 341 g/mol. The lowest BCUT2D eigenvalue weighted by Gasteiger charge is -2.29. The molecule has 128 valence electrons. The van der Waals surface area contributed by atoms with Crippen LogP contribution in [0, 0.1) is 0 Å². The van der Waals surface area contributed by atoms with Gasteiger partial charge in [0.05, 0.1) is 5.75 Å². The zero-order valence-corrected chi connectivity index (χ0v) is 14.1. The van der Waals surface area contributed by atoms with Gasteiger partial charge in [-0.05, 0) is 45.4 Å². The largest absolute Gasteiger partial charge is 0.360 e. The second-order valence-electron chi connectivity index (χ2n) is 6.43. The number of carbonyl (C=O) groups is 1. The second kappa shape index (κ2) is 6.60. The van der Waals surface area contributed by atoms with Gasteiger partial charge in [-0.3, -0.25) is 4.79 Å². The fourth-order valence-corrected chi connectivity index (χ4v) is 3.82. The fourth-order valence-electron chi connectivity index (χ4n) is 2.91. The third-order valence-corrected chi connectivity index (χ3v) is 5.98. The van der Waals surface area contributed by atoms with Crippen LogP contribution < -0.4 is 10.0 Å². The van der Waals surface area contributed by atoms with E-state index in [0.29, 0.717) is 11.6 Å². The summed E-state index contributed by atoms with van der Waals surface area (Å²) < 4.78 is 31.1. The van der Waals surface area contributed by atoms with E-state index in [0.717, 1.165) is 44.3 Å². The number of sulfonamides is 1. The number of nitrogens with one attached hydrogen (secondary N) is 2. The minimum Gasteiger partial charge on any atom is -0.360 e. The van der Waals surface area contributed by atoms with Crippen LogP contribution in [-0.4, -0.2) is 37.3 Å². The number of rotatable bonds is 6. The minimum absolute atomic E-state index is 0.0263. The van der Waals surface area contributed by atoms with Gasteiger partial charge in [0, 0.05) is 24.1 Å². The van der Waals surface area contributed by atoms with E-state index in [2.05, 4.69) is 15.2 Å². The van der Waals surface area contributed by atoms with Gasteiger partial charge >= 0.3 is 0 Å². The molecule has 0 aliphatic heterocycles. The van der Waals surface area contributed by atoms with Crippen molar-refractivity contribution < 1.29 is 17.7 Å².